The maximum Gasteiger partial charge on any atom is 0.410 e. The Morgan fingerprint density at radius 1 is 1.08 bits per heavy atom. The van der Waals surface area contributed by atoms with Gasteiger partial charge >= 0.3 is 6.09 Å². The molecule has 2 aromatic rings. The largest absolute Gasteiger partial charge is 0.444 e. The molecule has 4 nitrogen and oxygen atoms in total. The van der Waals surface area contributed by atoms with Gasteiger partial charge in [0.25, 0.3) is 0 Å². The number of fused-ring (bicyclic) bond motifs is 1. The smallest absolute Gasteiger partial charge is 0.410 e. The van der Waals surface area contributed by atoms with E-state index in [4.69, 9.17) is 4.74 Å². The molecular formula is C20H23NO3. The number of hydrogen-bond donors (Lipinski definition) is 0. The van der Waals surface area contributed by atoms with Crippen molar-refractivity contribution in [1.29, 1.82) is 0 Å². The molecule has 0 N–H and O–H groups in total. The van der Waals surface area contributed by atoms with Crippen LogP contribution in [-0.2, 0) is 4.74 Å². The number of likely N-dealkylation sites (tertiary alicyclic amines) is 1. The summed E-state index contributed by atoms with van der Waals surface area (Å²) in [6.45, 7) is 6.07. The van der Waals surface area contributed by atoms with Gasteiger partial charge in [0, 0.05) is 12.1 Å². The van der Waals surface area contributed by atoms with Crippen LogP contribution in [0.1, 0.15) is 44.0 Å². The van der Waals surface area contributed by atoms with Gasteiger partial charge in [-0.3, -0.25) is 9.69 Å². The van der Waals surface area contributed by atoms with Crippen molar-refractivity contribution in [2.45, 2.75) is 45.3 Å². The molecular weight excluding hydrogens is 302 g/mol. The molecule has 0 aromatic heterocycles. The van der Waals surface area contributed by atoms with E-state index in [0.717, 1.165) is 17.2 Å². The Morgan fingerprint density at radius 3 is 2.50 bits per heavy atom. The number of nitrogens with zero attached hydrogens (tertiary/aromatic N) is 1. The monoisotopic (exact) mass is 325 g/mol. The highest BCUT2D eigenvalue weighted by molar-refractivity contribution is 6.04. The van der Waals surface area contributed by atoms with Crippen molar-refractivity contribution in [3.8, 4) is 0 Å². The molecule has 1 fully saturated rings. The molecule has 1 saturated heterocycles. The fraction of sp³-hybridized carbons (Fsp3) is 0.400. The molecule has 1 heterocycles. The van der Waals surface area contributed by atoms with Crippen molar-refractivity contribution >= 4 is 22.6 Å². The summed E-state index contributed by atoms with van der Waals surface area (Å²) in [5.74, 6) is -0.0101. The maximum absolute atomic E-state index is 12.9. The van der Waals surface area contributed by atoms with Crippen LogP contribution in [0.4, 0.5) is 4.79 Å². The van der Waals surface area contributed by atoms with Crippen LogP contribution in [0.3, 0.4) is 0 Å². The highest BCUT2D eigenvalue weighted by Gasteiger charge is 2.36. The Labute approximate surface area is 142 Å². The Morgan fingerprint density at radius 2 is 1.79 bits per heavy atom. The molecule has 2 aromatic carbocycles. The average molecular weight is 325 g/mol. The standard InChI is InChI=1S/C20H23NO3/c1-20(2,3)24-19(23)21-12-6-9-17(21)18(22)16-11-10-14-7-4-5-8-15(14)13-16/h4-5,7-8,10-11,13,17H,6,9,12H2,1-3H3. The van der Waals surface area contributed by atoms with E-state index in [9.17, 15) is 9.59 Å². The van der Waals surface area contributed by atoms with Crippen molar-refractivity contribution in [3.05, 3.63) is 48.0 Å². The van der Waals surface area contributed by atoms with Crippen LogP contribution in [0.15, 0.2) is 42.5 Å². The molecule has 24 heavy (non-hydrogen) atoms. The zero-order valence-corrected chi connectivity index (χ0v) is 14.4. The molecule has 0 radical (unpaired) electrons. The summed E-state index contributed by atoms with van der Waals surface area (Å²) in [4.78, 5) is 26.9. The molecule has 0 spiro atoms. The first-order valence-corrected chi connectivity index (χ1v) is 8.38. The second-order valence-electron chi connectivity index (χ2n) is 7.26. The van der Waals surface area contributed by atoms with Crippen LogP contribution >= 0.6 is 0 Å². The number of Topliss-reactive ketones (excluding diaryl/α,β-unsaturated/α-hetero) is 1. The topological polar surface area (TPSA) is 46.6 Å². The first-order valence-electron chi connectivity index (χ1n) is 8.38. The van der Waals surface area contributed by atoms with E-state index in [1.165, 1.54) is 0 Å². The number of rotatable bonds is 2. The second-order valence-corrected chi connectivity index (χ2v) is 7.26. The summed E-state index contributed by atoms with van der Waals surface area (Å²) in [6.07, 6.45) is 1.10. The Kier molecular flexibility index (Phi) is 4.31. The lowest BCUT2D eigenvalue weighted by Gasteiger charge is -2.28. The Balaban J connectivity index is 1.83. The third-order valence-corrected chi connectivity index (χ3v) is 4.22. The van der Waals surface area contributed by atoms with Gasteiger partial charge in [-0.1, -0.05) is 36.4 Å². The first kappa shape index (κ1) is 16.5. The van der Waals surface area contributed by atoms with E-state index < -0.39 is 17.7 Å². The molecule has 1 aliphatic rings. The van der Waals surface area contributed by atoms with Gasteiger partial charge < -0.3 is 4.74 Å². The van der Waals surface area contributed by atoms with Crippen molar-refractivity contribution in [1.82, 2.24) is 4.90 Å². The number of benzene rings is 2. The summed E-state index contributed by atoms with van der Waals surface area (Å²) in [6, 6.07) is 13.2. The van der Waals surface area contributed by atoms with Gasteiger partial charge in [0.1, 0.15) is 5.60 Å². The minimum absolute atomic E-state index is 0.0101. The van der Waals surface area contributed by atoms with Crippen LogP contribution in [0.2, 0.25) is 0 Å². The summed E-state index contributed by atoms with van der Waals surface area (Å²) >= 11 is 0. The van der Waals surface area contributed by atoms with Crippen molar-refractivity contribution in [3.63, 3.8) is 0 Å². The highest BCUT2D eigenvalue weighted by atomic mass is 16.6. The summed E-state index contributed by atoms with van der Waals surface area (Å²) in [7, 11) is 0. The highest BCUT2D eigenvalue weighted by Crippen LogP contribution is 2.25. The normalized spacial score (nSPS) is 18.0. The molecule has 126 valence electrons. The molecule has 1 aliphatic heterocycles. The number of ether oxygens (including phenoxy) is 1. The number of carbonyl (C=O) groups is 2. The van der Waals surface area contributed by atoms with Crippen molar-refractivity contribution in [2.24, 2.45) is 0 Å². The predicted molar refractivity (Wildman–Crippen MR) is 94.2 cm³/mol. The molecule has 0 saturated carbocycles. The van der Waals surface area contributed by atoms with Crippen LogP contribution in [0.5, 0.6) is 0 Å². The molecule has 3 rings (SSSR count). The zero-order valence-electron chi connectivity index (χ0n) is 14.4. The maximum atomic E-state index is 12.9. The number of ketones is 1. The van der Waals surface area contributed by atoms with Crippen LogP contribution in [0.25, 0.3) is 10.8 Å². The van der Waals surface area contributed by atoms with Crippen LogP contribution in [-0.4, -0.2) is 35.0 Å². The lowest BCUT2D eigenvalue weighted by atomic mass is 9.99. The van der Waals surface area contributed by atoms with E-state index in [-0.39, 0.29) is 5.78 Å². The fourth-order valence-electron chi connectivity index (χ4n) is 3.11. The minimum atomic E-state index is -0.559. The fourth-order valence-corrected chi connectivity index (χ4v) is 3.11. The molecule has 4 heteroatoms. The lowest BCUT2D eigenvalue weighted by molar-refractivity contribution is 0.0222. The number of hydrogen-bond acceptors (Lipinski definition) is 3. The van der Waals surface area contributed by atoms with E-state index in [2.05, 4.69) is 0 Å². The SMILES string of the molecule is CC(C)(C)OC(=O)N1CCCC1C(=O)c1ccc2ccccc2c1. The molecule has 1 atom stereocenters. The Hall–Kier alpha value is -2.36. The van der Waals surface area contributed by atoms with Gasteiger partial charge in [0.15, 0.2) is 5.78 Å². The summed E-state index contributed by atoms with van der Waals surface area (Å²) in [5, 5.41) is 2.13. The lowest BCUT2D eigenvalue weighted by Crippen LogP contribution is -2.43. The molecule has 0 aliphatic carbocycles. The van der Waals surface area contributed by atoms with Gasteiger partial charge in [-0.2, -0.15) is 0 Å². The molecule has 0 bridgehead atoms. The second kappa shape index (κ2) is 6.27. The van der Waals surface area contributed by atoms with E-state index in [1.54, 1.807) is 4.90 Å². The van der Waals surface area contributed by atoms with Crippen molar-refractivity contribution < 1.29 is 14.3 Å². The summed E-state index contributed by atoms with van der Waals surface area (Å²) in [5.41, 5.74) is 0.0881. The van der Waals surface area contributed by atoms with Gasteiger partial charge in [-0.05, 0) is 50.5 Å². The van der Waals surface area contributed by atoms with E-state index >= 15 is 0 Å². The molecule has 1 amide bonds. The van der Waals surface area contributed by atoms with E-state index in [0.29, 0.717) is 18.5 Å². The Bertz CT molecular complexity index is 776. The zero-order chi connectivity index (χ0) is 17.3. The third kappa shape index (κ3) is 3.42. The quantitative estimate of drug-likeness (QED) is 0.768. The number of amides is 1. The van der Waals surface area contributed by atoms with Crippen molar-refractivity contribution in [2.75, 3.05) is 6.54 Å². The third-order valence-electron chi connectivity index (χ3n) is 4.22. The average Bonchev–Trinajstić information content (AvgIpc) is 3.02. The minimum Gasteiger partial charge on any atom is -0.444 e. The van der Waals surface area contributed by atoms with Gasteiger partial charge in [0.2, 0.25) is 0 Å². The van der Waals surface area contributed by atoms with E-state index in [1.807, 2.05) is 63.2 Å². The van der Waals surface area contributed by atoms with Gasteiger partial charge in [0.05, 0.1) is 6.04 Å². The number of carbonyl (C=O) groups excluding carboxylic acids is 2. The van der Waals surface area contributed by atoms with Crippen LogP contribution < -0.4 is 0 Å². The van der Waals surface area contributed by atoms with Gasteiger partial charge in [-0.25, -0.2) is 4.79 Å². The summed E-state index contributed by atoms with van der Waals surface area (Å²) < 4.78 is 5.44. The van der Waals surface area contributed by atoms with Crippen LogP contribution in [0, 0.1) is 0 Å². The van der Waals surface area contributed by atoms with Gasteiger partial charge in [-0.15, -0.1) is 0 Å². The predicted octanol–water partition coefficient (Wildman–Crippen LogP) is 4.42. The first-order chi connectivity index (χ1) is 11.3. The molecule has 1 unspecified atom stereocenters.